The molecule has 0 radical (unpaired) electrons. The number of benzene rings is 2. The van der Waals surface area contributed by atoms with Gasteiger partial charge in [0, 0.05) is 11.6 Å². The molecule has 2 aromatic carbocycles. The number of hydrogen-bond acceptors (Lipinski definition) is 1. The van der Waals surface area contributed by atoms with Crippen LogP contribution in [0.3, 0.4) is 0 Å². The average molecular weight is 307 g/mol. The molecule has 1 amide bonds. The molecule has 0 spiro atoms. The second-order valence-corrected chi connectivity index (χ2v) is 5.40. The van der Waals surface area contributed by atoms with Crippen molar-refractivity contribution in [3.8, 4) is 0 Å². The van der Waals surface area contributed by atoms with Crippen molar-refractivity contribution in [3.05, 3.63) is 71.0 Å². The molecule has 0 aromatic heterocycles. The fourth-order valence-electron chi connectivity index (χ4n) is 2.21. The molecule has 0 aliphatic carbocycles. The van der Waals surface area contributed by atoms with Crippen LogP contribution in [0.5, 0.6) is 0 Å². The zero-order valence-electron chi connectivity index (χ0n) is 12.2. The van der Waals surface area contributed by atoms with Gasteiger partial charge in [-0.15, -0.1) is 0 Å². The summed E-state index contributed by atoms with van der Waals surface area (Å²) in [6, 6.07) is 8.02. The van der Waals surface area contributed by atoms with Crippen LogP contribution in [0.2, 0.25) is 0 Å². The molecule has 0 fully saturated rings. The van der Waals surface area contributed by atoms with E-state index in [1.54, 1.807) is 12.1 Å². The Bertz CT molecular complexity index is 648. The second-order valence-electron chi connectivity index (χ2n) is 5.40. The van der Waals surface area contributed by atoms with E-state index in [0.717, 1.165) is 17.7 Å². The Morgan fingerprint density at radius 2 is 1.45 bits per heavy atom. The summed E-state index contributed by atoms with van der Waals surface area (Å²) in [6.07, 6.45) is 0. The second kappa shape index (κ2) is 6.64. The lowest BCUT2D eigenvalue weighted by molar-refractivity contribution is 0.0924. The molecular formula is C17H16F3NO. The highest BCUT2D eigenvalue weighted by atomic mass is 19.1. The first-order valence-corrected chi connectivity index (χ1v) is 6.89. The van der Waals surface area contributed by atoms with E-state index < -0.39 is 17.5 Å². The maximum Gasteiger partial charge on any atom is 0.251 e. The van der Waals surface area contributed by atoms with Crippen LogP contribution < -0.4 is 5.32 Å². The van der Waals surface area contributed by atoms with Crippen molar-refractivity contribution in [1.82, 2.24) is 5.32 Å². The fourth-order valence-corrected chi connectivity index (χ4v) is 2.21. The van der Waals surface area contributed by atoms with Crippen LogP contribution in [0, 0.1) is 23.4 Å². The van der Waals surface area contributed by atoms with Gasteiger partial charge in [0.15, 0.2) is 0 Å². The Morgan fingerprint density at radius 1 is 0.909 bits per heavy atom. The van der Waals surface area contributed by atoms with E-state index in [2.05, 4.69) is 5.32 Å². The summed E-state index contributed by atoms with van der Waals surface area (Å²) >= 11 is 0. The van der Waals surface area contributed by atoms with Crippen LogP contribution in [-0.4, -0.2) is 5.91 Å². The minimum Gasteiger partial charge on any atom is -0.345 e. The number of nitrogens with one attached hydrogen (secondary N) is 1. The van der Waals surface area contributed by atoms with E-state index in [1.165, 1.54) is 12.1 Å². The molecule has 22 heavy (non-hydrogen) atoms. The molecule has 2 nitrogen and oxygen atoms in total. The highest BCUT2D eigenvalue weighted by Gasteiger charge is 2.20. The van der Waals surface area contributed by atoms with Crippen LogP contribution in [0.4, 0.5) is 13.2 Å². The van der Waals surface area contributed by atoms with Crippen molar-refractivity contribution in [2.75, 3.05) is 0 Å². The minimum atomic E-state index is -0.812. The Labute approximate surface area is 127 Å². The van der Waals surface area contributed by atoms with Crippen molar-refractivity contribution in [2.24, 2.45) is 5.92 Å². The number of halogens is 3. The molecule has 1 N–H and O–H groups in total. The molecule has 0 heterocycles. The summed E-state index contributed by atoms with van der Waals surface area (Å²) in [5, 5.41) is 2.73. The summed E-state index contributed by atoms with van der Waals surface area (Å²) in [4.78, 5) is 12.2. The Balaban J connectivity index is 2.24. The monoisotopic (exact) mass is 307 g/mol. The SMILES string of the molecule is CC(C)[C@@H](NC(=O)c1cc(F)cc(F)c1)c1ccc(F)cc1. The Hall–Kier alpha value is -2.30. The van der Waals surface area contributed by atoms with Crippen molar-refractivity contribution < 1.29 is 18.0 Å². The molecule has 2 aromatic rings. The van der Waals surface area contributed by atoms with Gasteiger partial charge >= 0.3 is 0 Å². The van der Waals surface area contributed by atoms with Crippen LogP contribution in [0.1, 0.15) is 35.8 Å². The third-order valence-corrected chi connectivity index (χ3v) is 3.31. The van der Waals surface area contributed by atoms with E-state index >= 15 is 0 Å². The topological polar surface area (TPSA) is 29.1 Å². The number of rotatable bonds is 4. The number of carbonyl (C=O) groups is 1. The summed E-state index contributed by atoms with van der Waals surface area (Å²) in [5.41, 5.74) is 0.631. The van der Waals surface area contributed by atoms with Crippen molar-refractivity contribution in [3.63, 3.8) is 0 Å². The van der Waals surface area contributed by atoms with Crippen molar-refractivity contribution >= 4 is 5.91 Å². The van der Waals surface area contributed by atoms with Gasteiger partial charge in [-0.25, -0.2) is 13.2 Å². The van der Waals surface area contributed by atoms with Crippen LogP contribution in [0.25, 0.3) is 0 Å². The molecule has 0 saturated carbocycles. The van der Waals surface area contributed by atoms with Crippen LogP contribution in [0.15, 0.2) is 42.5 Å². The van der Waals surface area contributed by atoms with E-state index in [-0.39, 0.29) is 23.3 Å². The number of carbonyl (C=O) groups excluding carboxylic acids is 1. The van der Waals surface area contributed by atoms with E-state index in [9.17, 15) is 18.0 Å². The molecule has 5 heteroatoms. The van der Waals surface area contributed by atoms with Gasteiger partial charge in [-0.2, -0.15) is 0 Å². The summed E-state index contributed by atoms with van der Waals surface area (Å²) in [5.74, 6) is -2.56. The lowest BCUT2D eigenvalue weighted by Gasteiger charge is -2.23. The van der Waals surface area contributed by atoms with E-state index in [1.807, 2.05) is 13.8 Å². The minimum absolute atomic E-state index is 0.0211. The first-order chi connectivity index (χ1) is 10.4. The van der Waals surface area contributed by atoms with Gasteiger partial charge in [-0.05, 0) is 35.7 Å². The smallest absolute Gasteiger partial charge is 0.251 e. The highest BCUT2D eigenvalue weighted by molar-refractivity contribution is 5.94. The lowest BCUT2D eigenvalue weighted by Crippen LogP contribution is -2.31. The van der Waals surface area contributed by atoms with Gasteiger partial charge in [0.05, 0.1) is 6.04 Å². The predicted molar refractivity (Wildman–Crippen MR) is 77.8 cm³/mol. The molecule has 0 aliphatic heterocycles. The molecular weight excluding hydrogens is 291 g/mol. The molecule has 1 atom stereocenters. The molecule has 0 aliphatic rings. The summed E-state index contributed by atoms with van der Waals surface area (Å²) < 4.78 is 39.4. The molecule has 0 saturated heterocycles. The van der Waals surface area contributed by atoms with Gasteiger partial charge in [0.25, 0.3) is 5.91 Å². The largest absolute Gasteiger partial charge is 0.345 e. The third-order valence-electron chi connectivity index (χ3n) is 3.31. The van der Waals surface area contributed by atoms with E-state index in [0.29, 0.717) is 6.07 Å². The summed E-state index contributed by atoms with van der Waals surface area (Å²) in [7, 11) is 0. The van der Waals surface area contributed by atoms with Gasteiger partial charge in [0.2, 0.25) is 0 Å². The van der Waals surface area contributed by atoms with Crippen molar-refractivity contribution in [1.29, 1.82) is 0 Å². The van der Waals surface area contributed by atoms with Crippen LogP contribution in [-0.2, 0) is 0 Å². The third kappa shape index (κ3) is 3.87. The van der Waals surface area contributed by atoms with Crippen LogP contribution >= 0.6 is 0 Å². The Kier molecular flexibility index (Phi) is 4.85. The molecule has 2 rings (SSSR count). The molecule has 0 bridgehead atoms. The number of hydrogen-bond donors (Lipinski definition) is 1. The van der Waals surface area contributed by atoms with E-state index in [4.69, 9.17) is 0 Å². The zero-order chi connectivity index (χ0) is 16.3. The summed E-state index contributed by atoms with van der Waals surface area (Å²) in [6.45, 7) is 3.78. The quantitative estimate of drug-likeness (QED) is 0.900. The molecule has 0 unspecified atom stereocenters. The maximum atomic E-state index is 13.2. The Morgan fingerprint density at radius 3 is 1.95 bits per heavy atom. The number of amides is 1. The lowest BCUT2D eigenvalue weighted by atomic mass is 9.95. The normalized spacial score (nSPS) is 12.3. The highest BCUT2D eigenvalue weighted by Crippen LogP contribution is 2.22. The zero-order valence-corrected chi connectivity index (χ0v) is 12.2. The van der Waals surface area contributed by atoms with Gasteiger partial charge in [-0.1, -0.05) is 26.0 Å². The molecule has 116 valence electrons. The van der Waals surface area contributed by atoms with Gasteiger partial charge in [-0.3, -0.25) is 4.79 Å². The van der Waals surface area contributed by atoms with Gasteiger partial charge in [0.1, 0.15) is 17.5 Å². The first kappa shape index (κ1) is 16.1. The van der Waals surface area contributed by atoms with Crippen molar-refractivity contribution in [2.45, 2.75) is 19.9 Å². The fraction of sp³-hybridized carbons (Fsp3) is 0.235. The average Bonchev–Trinajstić information content (AvgIpc) is 2.44. The maximum absolute atomic E-state index is 13.2. The first-order valence-electron chi connectivity index (χ1n) is 6.89. The standard InChI is InChI=1S/C17H16F3NO/c1-10(2)16(11-3-5-13(18)6-4-11)21-17(22)12-7-14(19)9-15(20)8-12/h3-10,16H,1-2H3,(H,21,22)/t16-/m1/s1. The predicted octanol–water partition coefficient (Wildman–Crippen LogP) is 4.23. The van der Waals surface area contributed by atoms with Gasteiger partial charge < -0.3 is 5.32 Å².